The average Bonchev–Trinajstić information content (AvgIpc) is 2.39. The molecule has 0 atom stereocenters. The monoisotopic (exact) mass is 235 g/mol. The molecule has 0 bridgehead atoms. The number of aromatic nitrogens is 1. The van der Waals surface area contributed by atoms with Crippen molar-refractivity contribution in [3.05, 3.63) is 30.1 Å². The molecule has 1 fully saturated rings. The Morgan fingerprint density at radius 3 is 2.53 bits per heavy atom. The summed E-state index contributed by atoms with van der Waals surface area (Å²) in [6.45, 7) is 1.67. The number of carboxylic acid groups (broad SMARTS) is 1. The van der Waals surface area contributed by atoms with Gasteiger partial charge in [0.1, 0.15) is 0 Å². The van der Waals surface area contributed by atoms with Crippen molar-refractivity contribution in [1.82, 2.24) is 15.2 Å². The molecule has 17 heavy (non-hydrogen) atoms. The topological polar surface area (TPSA) is 65.5 Å². The molecule has 1 amide bonds. The first-order valence-corrected chi connectivity index (χ1v) is 5.75. The Hall–Kier alpha value is -1.62. The number of piperidine rings is 1. The van der Waals surface area contributed by atoms with Gasteiger partial charge in [-0.15, -0.1) is 0 Å². The zero-order chi connectivity index (χ0) is 12.3. The van der Waals surface area contributed by atoms with Crippen molar-refractivity contribution in [1.29, 1.82) is 0 Å². The smallest absolute Gasteiger partial charge is 0.407 e. The number of amides is 1. The van der Waals surface area contributed by atoms with Crippen molar-refractivity contribution < 1.29 is 9.90 Å². The van der Waals surface area contributed by atoms with E-state index in [4.69, 9.17) is 0 Å². The van der Waals surface area contributed by atoms with E-state index in [1.54, 1.807) is 19.4 Å². The van der Waals surface area contributed by atoms with Crippen LogP contribution in [-0.2, 0) is 5.54 Å². The van der Waals surface area contributed by atoms with Crippen LogP contribution in [0.5, 0.6) is 0 Å². The van der Waals surface area contributed by atoms with Gasteiger partial charge in [-0.1, -0.05) is 0 Å². The van der Waals surface area contributed by atoms with E-state index in [1.165, 1.54) is 4.90 Å². The molecule has 0 saturated carbocycles. The van der Waals surface area contributed by atoms with Gasteiger partial charge >= 0.3 is 6.09 Å². The van der Waals surface area contributed by atoms with Gasteiger partial charge in [-0.05, 0) is 43.6 Å². The highest BCUT2D eigenvalue weighted by Gasteiger charge is 2.40. The normalized spacial score (nSPS) is 18.6. The molecule has 92 valence electrons. The van der Waals surface area contributed by atoms with Crippen LogP contribution >= 0.6 is 0 Å². The van der Waals surface area contributed by atoms with Gasteiger partial charge in [0.25, 0.3) is 0 Å². The zero-order valence-corrected chi connectivity index (χ0v) is 9.89. The average molecular weight is 235 g/mol. The van der Waals surface area contributed by atoms with Gasteiger partial charge in [0.05, 0.1) is 5.54 Å². The van der Waals surface area contributed by atoms with E-state index in [9.17, 15) is 9.90 Å². The van der Waals surface area contributed by atoms with Gasteiger partial charge in [-0.25, -0.2) is 4.79 Å². The molecule has 2 rings (SSSR count). The van der Waals surface area contributed by atoms with Crippen molar-refractivity contribution in [2.45, 2.75) is 18.4 Å². The Bertz CT molecular complexity index is 388. The van der Waals surface area contributed by atoms with Crippen LogP contribution in [0.2, 0.25) is 0 Å². The van der Waals surface area contributed by atoms with Crippen molar-refractivity contribution in [2.24, 2.45) is 0 Å². The molecule has 1 aromatic heterocycles. The van der Waals surface area contributed by atoms with Gasteiger partial charge in [0.15, 0.2) is 0 Å². The number of carbonyl (C=O) groups is 1. The van der Waals surface area contributed by atoms with Crippen LogP contribution in [0.4, 0.5) is 4.79 Å². The molecule has 1 aliphatic heterocycles. The highest BCUT2D eigenvalue weighted by atomic mass is 16.4. The number of hydrogen-bond acceptors (Lipinski definition) is 3. The van der Waals surface area contributed by atoms with Crippen LogP contribution in [0.15, 0.2) is 24.5 Å². The number of nitrogens with one attached hydrogen (secondary N) is 1. The molecule has 2 heterocycles. The van der Waals surface area contributed by atoms with E-state index < -0.39 is 11.6 Å². The third-order valence-corrected chi connectivity index (χ3v) is 3.58. The van der Waals surface area contributed by atoms with E-state index in [2.05, 4.69) is 10.3 Å². The molecule has 2 N–H and O–H groups in total. The SMILES string of the molecule is CN(C(=O)O)C1(c2ccncc2)CCNCC1. The summed E-state index contributed by atoms with van der Waals surface area (Å²) >= 11 is 0. The largest absolute Gasteiger partial charge is 0.465 e. The van der Waals surface area contributed by atoms with Crippen LogP contribution in [0.3, 0.4) is 0 Å². The second-order valence-corrected chi connectivity index (χ2v) is 4.36. The summed E-state index contributed by atoms with van der Waals surface area (Å²) < 4.78 is 0. The van der Waals surface area contributed by atoms with Gasteiger partial charge in [0, 0.05) is 19.4 Å². The Balaban J connectivity index is 2.39. The first-order valence-electron chi connectivity index (χ1n) is 5.75. The molecule has 1 aromatic rings. The standard InChI is InChI=1S/C12H17N3O2/c1-15(11(16)17)12(4-8-14-9-5-12)10-2-6-13-7-3-10/h2-3,6-7,14H,4-5,8-9H2,1H3,(H,16,17). The Morgan fingerprint density at radius 2 is 2.00 bits per heavy atom. The Labute approximate surface area is 100 Å². The number of pyridine rings is 1. The zero-order valence-electron chi connectivity index (χ0n) is 9.89. The summed E-state index contributed by atoms with van der Waals surface area (Å²) in [6, 6.07) is 3.82. The fourth-order valence-electron chi connectivity index (χ4n) is 2.50. The molecule has 0 radical (unpaired) electrons. The minimum absolute atomic E-state index is 0.417. The molecular weight excluding hydrogens is 218 g/mol. The summed E-state index contributed by atoms with van der Waals surface area (Å²) in [4.78, 5) is 16.7. The molecule has 0 unspecified atom stereocenters. The lowest BCUT2D eigenvalue weighted by atomic mass is 9.80. The Morgan fingerprint density at radius 1 is 1.41 bits per heavy atom. The van der Waals surface area contributed by atoms with E-state index in [0.29, 0.717) is 0 Å². The van der Waals surface area contributed by atoms with Gasteiger partial charge in [-0.2, -0.15) is 0 Å². The highest BCUT2D eigenvalue weighted by molar-refractivity contribution is 5.66. The molecule has 1 aliphatic rings. The van der Waals surface area contributed by atoms with Crippen LogP contribution in [0.1, 0.15) is 18.4 Å². The number of hydrogen-bond donors (Lipinski definition) is 2. The minimum Gasteiger partial charge on any atom is -0.465 e. The first-order chi connectivity index (χ1) is 8.17. The molecule has 1 saturated heterocycles. The van der Waals surface area contributed by atoms with Crippen LogP contribution in [0.25, 0.3) is 0 Å². The predicted molar refractivity (Wildman–Crippen MR) is 63.8 cm³/mol. The molecule has 5 nitrogen and oxygen atoms in total. The van der Waals surface area contributed by atoms with E-state index in [0.717, 1.165) is 31.5 Å². The van der Waals surface area contributed by atoms with Crippen LogP contribution in [-0.4, -0.2) is 41.2 Å². The fraction of sp³-hybridized carbons (Fsp3) is 0.500. The molecule has 5 heteroatoms. The van der Waals surface area contributed by atoms with Crippen molar-refractivity contribution >= 4 is 6.09 Å². The molecular formula is C12H17N3O2. The van der Waals surface area contributed by atoms with Crippen LogP contribution in [0, 0.1) is 0 Å². The third-order valence-electron chi connectivity index (χ3n) is 3.58. The van der Waals surface area contributed by atoms with Crippen molar-refractivity contribution in [2.75, 3.05) is 20.1 Å². The number of nitrogens with zero attached hydrogens (tertiary/aromatic N) is 2. The quantitative estimate of drug-likeness (QED) is 0.810. The van der Waals surface area contributed by atoms with Crippen LogP contribution < -0.4 is 5.32 Å². The maximum Gasteiger partial charge on any atom is 0.407 e. The summed E-state index contributed by atoms with van der Waals surface area (Å²) in [5.41, 5.74) is 0.610. The Kier molecular flexibility index (Phi) is 3.28. The lowest BCUT2D eigenvalue weighted by molar-refractivity contribution is 0.0701. The lowest BCUT2D eigenvalue weighted by Gasteiger charge is -2.43. The van der Waals surface area contributed by atoms with E-state index in [-0.39, 0.29) is 0 Å². The second kappa shape index (κ2) is 4.71. The number of rotatable bonds is 2. The minimum atomic E-state index is -0.885. The lowest BCUT2D eigenvalue weighted by Crippen LogP contribution is -2.52. The predicted octanol–water partition coefficient (Wildman–Crippen LogP) is 1.27. The molecule has 0 spiro atoms. The van der Waals surface area contributed by atoms with Crippen molar-refractivity contribution in [3.8, 4) is 0 Å². The summed E-state index contributed by atoms with van der Waals surface area (Å²) in [5, 5.41) is 12.5. The van der Waals surface area contributed by atoms with Gasteiger partial charge in [-0.3, -0.25) is 4.98 Å². The second-order valence-electron chi connectivity index (χ2n) is 4.36. The van der Waals surface area contributed by atoms with Gasteiger partial charge < -0.3 is 15.3 Å². The summed E-state index contributed by atoms with van der Waals surface area (Å²) in [7, 11) is 1.65. The molecule has 0 aliphatic carbocycles. The maximum absolute atomic E-state index is 11.3. The highest BCUT2D eigenvalue weighted by Crippen LogP contribution is 2.35. The maximum atomic E-state index is 11.3. The van der Waals surface area contributed by atoms with Crippen molar-refractivity contribution in [3.63, 3.8) is 0 Å². The fourth-order valence-corrected chi connectivity index (χ4v) is 2.50. The summed E-state index contributed by atoms with van der Waals surface area (Å²) in [6.07, 6.45) is 4.13. The third kappa shape index (κ3) is 2.10. The summed E-state index contributed by atoms with van der Waals surface area (Å²) in [5.74, 6) is 0. The first kappa shape index (κ1) is 11.9. The van der Waals surface area contributed by atoms with E-state index >= 15 is 0 Å². The molecule has 0 aromatic carbocycles. The van der Waals surface area contributed by atoms with E-state index in [1.807, 2.05) is 12.1 Å². The van der Waals surface area contributed by atoms with Gasteiger partial charge in [0.2, 0.25) is 0 Å².